The molecule has 0 unspecified atom stereocenters. The van der Waals surface area contributed by atoms with Gasteiger partial charge in [-0.1, -0.05) is 30.3 Å². The first-order valence-electron chi connectivity index (χ1n) is 4.09. The van der Waals surface area contributed by atoms with E-state index in [9.17, 15) is 13.2 Å². The fraction of sp³-hybridized carbons (Fsp3) is 0.125. The number of carbonyl (C=O) groups excluding carboxylic acids is 1. The van der Waals surface area contributed by atoms with Crippen molar-refractivity contribution in [2.75, 3.05) is 0 Å². The van der Waals surface area contributed by atoms with Crippen molar-refractivity contribution in [1.29, 1.82) is 0 Å². The Kier molecular flexibility index (Phi) is 3.82. The Bertz CT molecular complexity index is 457. The van der Waals surface area contributed by atoms with Gasteiger partial charge in [0.15, 0.2) is 0 Å². The second-order valence-electron chi connectivity index (χ2n) is 2.82. The van der Waals surface area contributed by atoms with E-state index in [1.54, 1.807) is 30.3 Å². The average Bonchev–Trinajstić information content (AvgIpc) is 2.16. The quantitative estimate of drug-likeness (QED) is 0.465. The summed E-state index contributed by atoms with van der Waals surface area (Å²) in [7, 11) is -4.91. The van der Waals surface area contributed by atoms with E-state index in [1.165, 1.54) is 0 Å². The number of hydroxylamine groups is 2. The van der Waals surface area contributed by atoms with E-state index >= 15 is 0 Å². The van der Waals surface area contributed by atoms with Gasteiger partial charge in [0.1, 0.15) is 0 Å². The Morgan fingerprint density at radius 1 is 1.31 bits per heavy atom. The van der Waals surface area contributed by atoms with Crippen molar-refractivity contribution >= 4 is 16.5 Å². The Balaban J connectivity index is 2.60. The van der Waals surface area contributed by atoms with Crippen molar-refractivity contribution in [1.82, 2.24) is 5.06 Å². The molecular formula is C8H9NO6S. The van der Waals surface area contributed by atoms with Crippen molar-refractivity contribution in [3.63, 3.8) is 0 Å². The zero-order valence-electron chi connectivity index (χ0n) is 7.98. The maximum atomic E-state index is 10.9. The zero-order valence-corrected chi connectivity index (χ0v) is 8.79. The number of rotatable bonds is 3. The van der Waals surface area contributed by atoms with Gasteiger partial charge in [0.05, 0.1) is 6.54 Å². The van der Waals surface area contributed by atoms with Crippen LogP contribution in [0, 0.1) is 0 Å². The lowest BCUT2D eigenvalue weighted by Gasteiger charge is -2.12. The SMILES string of the molecule is O=C(OS(=O)(=O)O)N(O)Cc1ccccc1. The third kappa shape index (κ3) is 4.26. The monoisotopic (exact) mass is 247 g/mol. The maximum Gasteiger partial charge on any atom is 0.451 e. The van der Waals surface area contributed by atoms with E-state index in [0.717, 1.165) is 0 Å². The zero-order chi connectivity index (χ0) is 12.2. The van der Waals surface area contributed by atoms with Crippen molar-refractivity contribution in [3.8, 4) is 0 Å². The van der Waals surface area contributed by atoms with Gasteiger partial charge in [-0.3, -0.25) is 9.76 Å². The van der Waals surface area contributed by atoms with Crippen molar-refractivity contribution in [2.45, 2.75) is 6.54 Å². The van der Waals surface area contributed by atoms with E-state index in [0.29, 0.717) is 5.56 Å². The Morgan fingerprint density at radius 3 is 2.38 bits per heavy atom. The molecule has 0 bridgehead atoms. The maximum absolute atomic E-state index is 10.9. The number of carbonyl (C=O) groups is 1. The first-order chi connectivity index (χ1) is 7.38. The van der Waals surface area contributed by atoms with Crippen LogP contribution in [-0.4, -0.2) is 29.3 Å². The first-order valence-corrected chi connectivity index (χ1v) is 5.46. The molecule has 1 rings (SSSR count). The molecule has 0 radical (unpaired) electrons. The van der Waals surface area contributed by atoms with Crippen LogP contribution in [0.15, 0.2) is 30.3 Å². The Hall–Kier alpha value is -1.64. The number of nitrogens with zero attached hydrogens (tertiary/aromatic N) is 1. The molecule has 7 nitrogen and oxygen atoms in total. The highest BCUT2D eigenvalue weighted by Crippen LogP contribution is 2.04. The summed E-state index contributed by atoms with van der Waals surface area (Å²) in [6.07, 6.45) is -1.58. The molecule has 1 aromatic carbocycles. The summed E-state index contributed by atoms with van der Waals surface area (Å²) in [6.45, 7) is -0.255. The number of hydrogen-bond donors (Lipinski definition) is 2. The summed E-state index contributed by atoms with van der Waals surface area (Å²) < 4.78 is 32.1. The summed E-state index contributed by atoms with van der Waals surface area (Å²) in [5.74, 6) is 0. The molecule has 8 heteroatoms. The standard InChI is InChI=1S/C8H9NO6S/c10-8(15-16(12,13)14)9(11)6-7-4-2-1-3-5-7/h1-5,11H,6H2,(H,12,13,14). The molecule has 0 atom stereocenters. The average molecular weight is 247 g/mol. The molecule has 0 aliphatic carbocycles. The third-order valence-corrected chi connectivity index (χ3v) is 1.92. The molecule has 0 aromatic heterocycles. The Labute approximate surface area is 91.8 Å². The van der Waals surface area contributed by atoms with E-state index in [2.05, 4.69) is 4.18 Å². The van der Waals surface area contributed by atoms with E-state index in [4.69, 9.17) is 9.76 Å². The van der Waals surface area contributed by atoms with E-state index in [1.807, 2.05) is 0 Å². The predicted molar refractivity (Wildman–Crippen MR) is 51.8 cm³/mol. The van der Waals surface area contributed by atoms with Crippen LogP contribution in [0.3, 0.4) is 0 Å². The summed E-state index contributed by atoms with van der Waals surface area (Å²) >= 11 is 0. The Morgan fingerprint density at radius 2 is 1.88 bits per heavy atom. The second kappa shape index (κ2) is 4.92. The lowest BCUT2D eigenvalue weighted by molar-refractivity contribution is -0.0679. The molecule has 1 aromatic rings. The number of amides is 1. The van der Waals surface area contributed by atoms with Crippen LogP contribution in [-0.2, 0) is 21.1 Å². The van der Waals surface area contributed by atoms with Crippen molar-refractivity contribution < 1.29 is 27.2 Å². The lowest BCUT2D eigenvalue weighted by atomic mass is 10.2. The van der Waals surface area contributed by atoms with Gasteiger partial charge in [0, 0.05) is 0 Å². The van der Waals surface area contributed by atoms with Gasteiger partial charge >= 0.3 is 16.5 Å². The molecular weight excluding hydrogens is 238 g/mol. The topological polar surface area (TPSA) is 104 Å². The molecule has 0 heterocycles. The molecule has 1 amide bonds. The van der Waals surface area contributed by atoms with Crippen LogP contribution in [0.5, 0.6) is 0 Å². The van der Waals surface area contributed by atoms with Crippen molar-refractivity contribution in [3.05, 3.63) is 35.9 Å². The molecule has 88 valence electrons. The summed E-state index contributed by atoms with van der Waals surface area (Å²) in [5, 5.41) is 9.15. The first kappa shape index (κ1) is 12.4. The van der Waals surface area contributed by atoms with E-state index < -0.39 is 16.5 Å². The molecule has 0 aliphatic rings. The normalized spacial score (nSPS) is 10.9. The van der Waals surface area contributed by atoms with Gasteiger partial charge in [0.2, 0.25) is 0 Å². The minimum absolute atomic E-state index is 0.0309. The molecule has 0 fully saturated rings. The van der Waals surface area contributed by atoms with Gasteiger partial charge in [-0.15, -0.1) is 0 Å². The highest BCUT2D eigenvalue weighted by Gasteiger charge is 2.19. The van der Waals surface area contributed by atoms with Gasteiger partial charge in [0.25, 0.3) is 0 Å². The third-order valence-electron chi connectivity index (χ3n) is 1.56. The minimum atomic E-state index is -4.91. The highest BCUT2D eigenvalue weighted by molar-refractivity contribution is 7.81. The molecule has 16 heavy (non-hydrogen) atoms. The largest absolute Gasteiger partial charge is 0.451 e. The van der Waals surface area contributed by atoms with Gasteiger partial charge in [-0.2, -0.15) is 13.5 Å². The van der Waals surface area contributed by atoms with Crippen molar-refractivity contribution in [2.24, 2.45) is 0 Å². The summed E-state index contributed by atoms with van der Waals surface area (Å²) in [4.78, 5) is 10.9. The fourth-order valence-electron chi connectivity index (χ4n) is 0.954. The number of hydrogen-bond acceptors (Lipinski definition) is 5. The number of benzene rings is 1. The van der Waals surface area contributed by atoms with Crippen LogP contribution in [0.25, 0.3) is 0 Å². The van der Waals surface area contributed by atoms with Crippen LogP contribution < -0.4 is 0 Å². The van der Waals surface area contributed by atoms with Crippen LogP contribution in [0.2, 0.25) is 0 Å². The van der Waals surface area contributed by atoms with Crippen LogP contribution >= 0.6 is 0 Å². The van der Waals surface area contributed by atoms with Gasteiger partial charge < -0.3 is 4.18 Å². The van der Waals surface area contributed by atoms with Crippen LogP contribution in [0.4, 0.5) is 4.79 Å². The lowest BCUT2D eigenvalue weighted by Crippen LogP contribution is -2.29. The predicted octanol–water partition coefficient (Wildman–Crippen LogP) is 0.817. The summed E-state index contributed by atoms with van der Waals surface area (Å²) in [6, 6.07) is 8.32. The van der Waals surface area contributed by atoms with Crippen LogP contribution in [0.1, 0.15) is 5.56 Å². The highest BCUT2D eigenvalue weighted by atomic mass is 32.3. The molecule has 0 spiro atoms. The summed E-state index contributed by atoms with van der Waals surface area (Å²) in [5.41, 5.74) is 0.567. The molecule has 0 saturated heterocycles. The molecule has 0 saturated carbocycles. The van der Waals surface area contributed by atoms with E-state index in [-0.39, 0.29) is 11.6 Å². The second-order valence-corrected chi connectivity index (χ2v) is 3.84. The smallest absolute Gasteiger partial charge is 0.305 e. The fourth-order valence-corrected chi connectivity index (χ4v) is 1.22. The van der Waals surface area contributed by atoms with Gasteiger partial charge in [-0.05, 0) is 5.56 Å². The minimum Gasteiger partial charge on any atom is -0.305 e. The molecule has 2 N–H and O–H groups in total. The van der Waals surface area contributed by atoms with Gasteiger partial charge in [-0.25, -0.2) is 4.79 Å². The molecule has 0 aliphatic heterocycles.